The van der Waals surface area contributed by atoms with Crippen LogP contribution in [0.3, 0.4) is 0 Å². The molecule has 1 aliphatic heterocycles. The molecule has 80 valence electrons. The summed E-state index contributed by atoms with van der Waals surface area (Å²) >= 11 is 0. The third kappa shape index (κ3) is 2.53. The molecule has 1 N–H and O–H groups in total. The van der Waals surface area contributed by atoms with Gasteiger partial charge >= 0.3 is 0 Å². The highest BCUT2D eigenvalue weighted by Crippen LogP contribution is 2.15. The SMILES string of the molecule is [O-][NH+]1C=Cc2ccccc21.c1ccncc1. The molecule has 2 heterocycles. The van der Waals surface area contributed by atoms with Gasteiger partial charge in [0.15, 0.2) is 0 Å². The van der Waals surface area contributed by atoms with Gasteiger partial charge in [0, 0.05) is 30.1 Å². The van der Waals surface area contributed by atoms with E-state index in [1.807, 2.05) is 48.5 Å². The van der Waals surface area contributed by atoms with Crippen LogP contribution in [-0.4, -0.2) is 4.98 Å². The number of nitrogens with zero attached hydrogens (tertiary/aromatic N) is 1. The van der Waals surface area contributed by atoms with Crippen LogP contribution in [0.15, 0.2) is 61.1 Å². The molecule has 3 rings (SSSR count). The van der Waals surface area contributed by atoms with E-state index in [1.54, 1.807) is 18.6 Å². The summed E-state index contributed by atoms with van der Waals surface area (Å²) in [5.74, 6) is 0. The maximum Gasteiger partial charge on any atom is 0.143 e. The molecular weight excluding hydrogens is 200 g/mol. The van der Waals surface area contributed by atoms with Crippen LogP contribution in [0.25, 0.3) is 6.08 Å². The summed E-state index contributed by atoms with van der Waals surface area (Å²) in [5.41, 5.74) is 1.86. The Hall–Kier alpha value is -1.97. The van der Waals surface area contributed by atoms with Gasteiger partial charge in [0.1, 0.15) is 11.9 Å². The Morgan fingerprint density at radius 3 is 2.25 bits per heavy atom. The van der Waals surface area contributed by atoms with E-state index >= 15 is 0 Å². The van der Waals surface area contributed by atoms with E-state index in [4.69, 9.17) is 0 Å². The Bertz CT molecular complexity index is 442. The first-order valence-electron chi connectivity index (χ1n) is 5.04. The maximum atomic E-state index is 11.0. The molecule has 3 heteroatoms. The Balaban J connectivity index is 0.000000138. The van der Waals surface area contributed by atoms with Crippen molar-refractivity contribution in [3.8, 4) is 0 Å². The number of nitrogens with one attached hydrogen (secondary N) is 1. The van der Waals surface area contributed by atoms with Crippen LogP contribution in [0, 0.1) is 5.21 Å². The lowest BCUT2D eigenvalue weighted by atomic mass is 10.2. The fraction of sp³-hybridized carbons (Fsp3) is 0. The van der Waals surface area contributed by atoms with Crippen molar-refractivity contribution in [1.82, 2.24) is 4.98 Å². The van der Waals surface area contributed by atoms with Gasteiger partial charge in [-0.15, -0.1) is 0 Å². The molecule has 1 aliphatic rings. The predicted octanol–water partition coefficient (Wildman–Crippen LogP) is 1.77. The number of quaternary nitrogens is 1. The standard InChI is InChI=1S/C8H7NO.C5H5N/c10-9-6-5-7-3-1-2-4-8(7)9;1-2-4-6-5-3-1/h1-6,9H;1-5H. The molecule has 1 atom stereocenters. The first-order chi connectivity index (χ1) is 7.88. The summed E-state index contributed by atoms with van der Waals surface area (Å²) in [4.78, 5) is 3.78. The van der Waals surface area contributed by atoms with Gasteiger partial charge < -0.3 is 10.3 Å². The zero-order valence-corrected chi connectivity index (χ0v) is 8.71. The Morgan fingerprint density at radius 2 is 1.69 bits per heavy atom. The van der Waals surface area contributed by atoms with Crippen LogP contribution in [0.5, 0.6) is 0 Å². The Morgan fingerprint density at radius 1 is 0.938 bits per heavy atom. The van der Waals surface area contributed by atoms with E-state index in [0.29, 0.717) is 0 Å². The largest absolute Gasteiger partial charge is 0.624 e. The summed E-state index contributed by atoms with van der Waals surface area (Å²) in [6, 6.07) is 13.3. The van der Waals surface area contributed by atoms with E-state index in [0.717, 1.165) is 11.3 Å². The zero-order valence-electron chi connectivity index (χ0n) is 8.71. The van der Waals surface area contributed by atoms with Crippen LogP contribution >= 0.6 is 0 Å². The van der Waals surface area contributed by atoms with E-state index < -0.39 is 0 Å². The van der Waals surface area contributed by atoms with Gasteiger partial charge in [-0.05, 0) is 18.2 Å². The van der Waals surface area contributed by atoms with Crippen LogP contribution in [0.4, 0.5) is 5.69 Å². The number of benzene rings is 1. The third-order valence-corrected chi connectivity index (χ3v) is 2.21. The number of hydrogen-bond donors (Lipinski definition) is 1. The normalized spacial score (nSPS) is 16.2. The molecule has 0 aliphatic carbocycles. The van der Waals surface area contributed by atoms with Crippen molar-refractivity contribution in [3.05, 3.63) is 71.8 Å². The van der Waals surface area contributed by atoms with E-state index in [-0.39, 0.29) is 5.06 Å². The van der Waals surface area contributed by atoms with Gasteiger partial charge in [-0.1, -0.05) is 18.2 Å². The molecule has 16 heavy (non-hydrogen) atoms. The van der Waals surface area contributed by atoms with E-state index in [1.165, 1.54) is 0 Å². The summed E-state index contributed by atoms with van der Waals surface area (Å²) in [6.07, 6.45) is 6.95. The van der Waals surface area contributed by atoms with Crippen LogP contribution in [0.2, 0.25) is 0 Å². The molecule has 1 unspecified atom stereocenters. The summed E-state index contributed by atoms with van der Waals surface area (Å²) in [5, 5.41) is 11.1. The van der Waals surface area contributed by atoms with E-state index in [9.17, 15) is 5.21 Å². The molecule has 0 bridgehead atoms. The monoisotopic (exact) mass is 212 g/mol. The van der Waals surface area contributed by atoms with Crippen LogP contribution in [-0.2, 0) is 0 Å². The molecule has 3 nitrogen and oxygen atoms in total. The Labute approximate surface area is 94.3 Å². The number of rotatable bonds is 0. The third-order valence-electron chi connectivity index (χ3n) is 2.21. The molecule has 1 aromatic carbocycles. The van der Waals surface area contributed by atoms with Crippen LogP contribution < -0.4 is 5.06 Å². The zero-order chi connectivity index (χ0) is 11.2. The van der Waals surface area contributed by atoms with Gasteiger partial charge in [0.05, 0.1) is 0 Å². The number of hydrogen-bond acceptors (Lipinski definition) is 2. The molecule has 0 saturated carbocycles. The lowest BCUT2D eigenvalue weighted by Crippen LogP contribution is -2.95. The minimum atomic E-state index is 0.121. The van der Waals surface area contributed by atoms with Gasteiger partial charge in [-0.3, -0.25) is 4.98 Å². The Kier molecular flexibility index (Phi) is 3.43. The molecule has 0 spiro atoms. The van der Waals surface area contributed by atoms with Crippen molar-refractivity contribution in [1.29, 1.82) is 0 Å². The average molecular weight is 212 g/mol. The maximum absolute atomic E-state index is 11.0. The van der Waals surface area contributed by atoms with Gasteiger partial charge in [-0.25, -0.2) is 0 Å². The molecule has 2 aromatic rings. The summed E-state index contributed by atoms with van der Waals surface area (Å²) < 4.78 is 0. The molecule has 0 saturated heterocycles. The van der Waals surface area contributed by atoms with Gasteiger partial charge in [0.25, 0.3) is 0 Å². The minimum Gasteiger partial charge on any atom is -0.624 e. The second kappa shape index (κ2) is 5.21. The quantitative estimate of drug-likeness (QED) is 0.676. The summed E-state index contributed by atoms with van der Waals surface area (Å²) in [6.45, 7) is 0. The number of fused-ring (bicyclic) bond motifs is 1. The highest BCUT2D eigenvalue weighted by atomic mass is 16.5. The highest BCUT2D eigenvalue weighted by Gasteiger charge is 2.09. The first kappa shape index (κ1) is 10.5. The fourth-order valence-corrected chi connectivity index (χ4v) is 1.43. The molecular formula is C13H12N2O. The number of aromatic nitrogens is 1. The smallest absolute Gasteiger partial charge is 0.143 e. The second-order valence-electron chi connectivity index (χ2n) is 3.31. The number of hydroxylamine groups is 1. The fourth-order valence-electron chi connectivity index (χ4n) is 1.43. The van der Waals surface area contributed by atoms with Crippen molar-refractivity contribution >= 4 is 11.8 Å². The molecule has 0 fully saturated rings. The number of para-hydroxylation sites is 1. The predicted molar refractivity (Wildman–Crippen MR) is 63.7 cm³/mol. The topological polar surface area (TPSA) is 40.4 Å². The molecule has 0 radical (unpaired) electrons. The lowest BCUT2D eigenvalue weighted by Gasteiger charge is -2.12. The summed E-state index contributed by atoms with van der Waals surface area (Å²) in [7, 11) is 0. The van der Waals surface area contributed by atoms with Gasteiger partial charge in [0.2, 0.25) is 0 Å². The molecule has 1 aromatic heterocycles. The van der Waals surface area contributed by atoms with Crippen LogP contribution in [0.1, 0.15) is 5.56 Å². The van der Waals surface area contributed by atoms with Crippen molar-refractivity contribution in [2.75, 3.05) is 0 Å². The minimum absolute atomic E-state index is 0.121. The van der Waals surface area contributed by atoms with Crippen molar-refractivity contribution in [2.45, 2.75) is 0 Å². The number of pyridine rings is 1. The molecule has 0 amide bonds. The second-order valence-corrected chi connectivity index (χ2v) is 3.31. The lowest BCUT2D eigenvalue weighted by molar-refractivity contribution is -0.710. The van der Waals surface area contributed by atoms with E-state index in [2.05, 4.69) is 4.98 Å². The van der Waals surface area contributed by atoms with Gasteiger partial charge in [-0.2, -0.15) is 0 Å². The average Bonchev–Trinajstić information content (AvgIpc) is 2.75. The first-order valence-corrected chi connectivity index (χ1v) is 5.04. The van der Waals surface area contributed by atoms with Crippen molar-refractivity contribution in [2.24, 2.45) is 0 Å². The van der Waals surface area contributed by atoms with Crippen molar-refractivity contribution < 1.29 is 5.06 Å². The highest BCUT2D eigenvalue weighted by molar-refractivity contribution is 5.63. The van der Waals surface area contributed by atoms with Crippen molar-refractivity contribution in [3.63, 3.8) is 0 Å².